The Balaban J connectivity index is 1.56. The van der Waals surface area contributed by atoms with Crippen molar-refractivity contribution >= 4 is 45.1 Å². The molecule has 242 valence electrons. The minimum Gasteiger partial charge on any atom is -0.448 e. The standard InChI is InChI=1S/C30H31F2N7O6S/c1-6-45-29(42)39-26(22-16-38(30(2,3)25(22)36-39)46(43,44)20-13-17(31)12-18(32)14-20)35-27(40)21-10-9-19(37(4)5)15-24(21)34-28(41)23-8-7-11-33-23/h7-15,33H,6,16H2,1-5H3,(H,34,41)(H,35,40). The Morgan fingerprint density at radius 3 is 2.35 bits per heavy atom. The van der Waals surface area contributed by atoms with Gasteiger partial charge in [0.1, 0.15) is 23.1 Å². The van der Waals surface area contributed by atoms with Crippen LogP contribution in [-0.2, 0) is 26.8 Å². The smallest absolute Gasteiger partial charge is 0.436 e. The van der Waals surface area contributed by atoms with Gasteiger partial charge in [-0.2, -0.15) is 9.40 Å². The van der Waals surface area contributed by atoms with Crippen molar-refractivity contribution in [3.05, 3.63) is 88.9 Å². The van der Waals surface area contributed by atoms with Crippen LogP contribution >= 0.6 is 0 Å². The molecule has 2 aromatic heterocycles. The third kappa shape index (κ3) is 5.83. The first-order valence-corrected chi connectivity index (χ1v) is 15.4. The van der Waals surface area contributed by atoms with Crippen LogP contribution in [0.1, 0.15) is 52.9 Å². The van der Waals surface area contributed by atoms with Gasteiger partial charge in [-0.15, -0.1) is 4.68 Å². The molecule has 0 saturated carbocycles. The van der Waals surface area contributed by atoms with E-state index in [1.165, 1.54) is 19.9 Å². The summed E-state index contributed by atoms with van der Waals surface area (Å²) in [6.07, 6.45) is 0.638. The molecular weight excluding hydrogens is 624 g/mol. The maximum absolute atomic E-state index is 14.0. The lowest BCUT2D eigenvalue weighted by Gasteiger charge is -2.30. The minimum absolute atomic E-state index is 0.0211. The molecule has 0 spiro atoms. The van der Waals surface area contributed by atoms with Gasteiger partial charge in [0.2, 0.25) is 10.0 Å². The van der Waals surface area contributed by atoms with Crippen LogP contribution in [0, 0.1) is 11.6 Å². The first kappa shape index (κ1) is 32.3. The maximum atomic E-state index is 14.0. The van der Waals surface area contributed by atoms with Crippen LogP contribution in [0.15, 0.2) is 59.6 Å². The highest BCUT2D eigenvalue weighted by atomic mass is 32.2. The van der Waals surface area contributed by atoms with Crippen molar-refractivity contribution in [1.29, 1.82) is 0 Å². The SMILES string of the molecule is CCOC(=O)n1nc2c(c1NC(=O)c1ccc(N(C)C)cc1NC(=O)c1ccc[nH]1)CN(S(=O)(=O)c1cc(F)cc(F)c1)C2(C)C. The average molecular weight is 656 g/mol. The normalized spacial score (nSPS) is 14.1. The zero-order valence-electron chi connectivity index (χ0n) is 25.5. The van der Waals surface area contributed by atoms with E-state index >= 15 is 0 Å². The van der Waals surface area contributed by atoms with Gasteiger partial charge < -0.3 is 25.3 Å². The van der Waals surface area contributed by atoms with E-state index in [1.54, 1.807) is 56.4 Å². The summed E-state index contributed by atoms with van der Waals surface area (Å²) in [5.74, 6) is -3.59. The highest BCUT2D eigenvalue weighted by molar-refractivity contribution is 7.89. The zero-order valence-corrected chi connectivity index (χ0v) is 26.3. The number of carbonyl (C=O) groups is 3. The van der Waals surface area contributed by atoms with Crippen LogP contribution in [0.2, 0.25) is 0 Å². The number of H-pyrrole nitrogens is 1. The van der Waals surface area contributed by atoms with E-state index in [4.69, 9.17) is 4.74 Å². The second kappa shape index (κ2) is 12.0. The van der Waals surface area contributed by atoms with Crippen molar-refractivity contribution in [1.82, 2.24) is 19.1 Å². The van der Waals surface area contributed by atoms with Gasteiger partial charge in [0, 0.05) is 44.2 Å². The fourth-order valence-electron chi connectivity index (χ4n) is 5.13. The molecule has 0 radical (unpaired) electrons. The number of halogens is 2. The van der Waals surface area contributed by atoms with Gasteiger partial charge in [-0.3, -0.25) is 9.59 Å². The number of hydrogen-bond acceptors (Lipinski definition) is 8. The number of nitrogens with one attached hydrogen (secondary N) is 3. The van der Waals surface area contributed by atoms with Crippen molar-refractivity contribution in [2.45, 2.75) is 37.8 Å². The number of ether oxygens (including phenoxy) is 1. The van der Waals surface area contributed by atoms with Gasteiger partial charge in [-0.25, -0.2) is 22.0 Å². The van der Waals surface area contributed by atoms with Crippen molar-refractivity contribution in [2.24, 2.45) is 0 Å². The first-order valence-electron chi connectivity index (χ1n) is 14.0. The summed E-state index contributed by atoms with van der Waals surface area (Å²) in [4.78, 5) is 43.7. The van der Waals surface area contributed by atoms with E-state index in [0.717, 1.165) is 8.99 Å². The molecule has 3 heterocycles. The largest absolute Gasteiger partial charge is 0.448 e. The predicted octanol–water partition coefficient (Wildman–Crippen LogP) is 4.50. The van der Waals surface area contributed by atoms with E-state index in [-0.39, 0.29) is 40.6 Å². The highest BCUT2D eigenvalue weighted by Crippen LogP contribution is 2.45. The molecule has 1 aliphatic heterocycles. The van der Waals surface area contributed by atoms with Gasteiger partial charge in [0.25, 0.3) is 11.8 Å². The second-order valence-electron chi connectivity index (χ2n) is 11.1. The molecule has 0 aliphatic carbocycles. The highest BCUT2D eigenvalue weighted by Gasteiger charge is 2.49. The van der Waals surface area contributed by atoms with Crippen LogP contribution in [0.4, 0.5) is 30.8 Å². The Morgan fingerprint density at radius 2 is 1.74 bits per heavy atom. The number of aromatic amines is 1. The summed E-state index contributed by atoms with van der Waals surface area (Å²) in [5, 5.41) is 9.72. The van der Waals surface area contributed by atoms with Crippen molar-refractivity contribution < 1.29 is 36.3 Å². The molecule has 1 aliphatic rings. The topological polar surface area (TPSA) is 159 Å². The Labute approximate surface area is 263 Å². The summed E-state index contributed by atoms with van der Waals surface area (Å²) in [6, 6.07) is 9.90. The number of rotatable bonds is 8. The second-order valence-corrected chi connectivity index (χ2v) is 12.9. The summed E-state index contributed by atoms with van der Waals surface area (Å²) in [5.41, 5.74) is -0.0638. The summed E-state index contributed by atoms with van der Waals surface area (Å²) < 4.78 is 62.3. The van der Waals surface area contributed by atoms with Gasteiger partial charge in [-0.1, -0.05) is 0 Å². The number of carbonyl (C=O) groups excluding carboxylic acids is 3. The monoisotopic (exact) mass is 655 g/mol. The Bertz CT molecular complexity index is 1940. The van der Waals surface area contributed by atoms with Crippen molar-refractivity contribution in [3.8, 4) is 0 Å². The van der Waals surface area contributed by atoms with Crippen molar-refractivity contribution in [2.75, 3.05) is 36.2 Å². The van der Waals surface area contributed by atoms with E-state index in [1.807, 2.05) is 0 Å². The van der Waals surface area contributed by atoms with Gasteiger partial charge in [0.15, 0.2) is 0 Å². The zero-order chi connectivity index (χ0) is 33.6. The fraction of sp³-hybridized carbons (Fsp3) is 0.267. The maximum Gasteiger partial charge on any atom is 0.436 e. The molecule has 3 N–H and O–H groups in total. The van der Waals surface area contributed by atoms with Crippen LogP contribution < -0.4 is 15.5 Å². The van der Waals surface area contributed by atoms with Crippen LogP contribution in [0.3, 0.4) is 0 Å². The van der Waals surface area contributed by atoms with E-state index in [2.05, 4.69) is 20.7 Å². The number of sulfonamides is 1. The van der Waals surface area contributed by atoms with Crippen LogP contribution in [0.25, 0.3) is 0 Å². The summed E-state index contributed by atoms with van der Waals surface area (Å²) in [6.45, 7) is 4.16. The average Bonchev–Trinajstić information content (AvgIpc) is 3.70. The number of anilines is 3. The van der Waals surface area contributed by atoms with E-state index < -0.39 is 56.5 Å². The molecule has 5 rings (SSSR count). The molecule has 0 saturated heterocycles. The molecular formula is C30H31F2N7O6S. The molecule has 16 heteroatoms. The number of aromatic nitrogens is 3. The Kier molecular flexibility index (Phi) is 8.44. The first-order chi connectivity index (χ1) is 21.6. The van der Waals surface area contributed by atoms with Crippen LogP contribution in [0.5, 0.6) is 0 Å². The minimum atomic E-state index is -4.50. The predicted molar refractivity (Wildman–Crippen MR) is 164 cm³/mol. The van der Waals surface area contributed by atoms with E-state index in [9.17, 15) is 31.6 Å². The van der Waals surface area contributed by atoms with Gasteiger partial charge in [0.05, 0.1) is 34.0 Å². The Hall–Kier alpha value is -5.09. The molecule has 0 atom stereocenters. The number of amides is 2. The molecule has 0 bridgehead atoms. The summed E-state index contributed by atoms with van der Waals surface area (Å²) >= 11 is 0. The van der Waals surface area contributed by atoms with Crippen molar-refractivity contribution in [3.63, 3.8) is 0 Å². The summed E-state index contributed by atoms with van der Waals surface area (Å²) in [7, 11) is -0.936. The number of hydrogen-bond donors (Lipinski definition) is 3. The third-order valence-electron chi connectivity index (χ3n) is 7.44. The molecule has 0 unspecified atom stereocenters. The number of benzene rings is 2. The van der Waals surface area contributed by atoms with Gasteiger partial charge >= 0.3 is 6.09 Å². The molecule has 13 nitrogen and oxygen atoms in total. The molecule has 4 aromatic rings. The Morgan fingerprint density at radius 1 is 1.04 bits per heavy atom. The lowest BCUT2D eigenvalue weighted by Crippen LogP contribution is -2.41. The van der Waals surface area contributed by atoms with Gasteiger partial charge in [-0.05, 0) is 63.2 Å². The lowest BCUT2D eigenvalue weighted by atomic mass is 10.0. The van der Waals surface area contributed by atoms with E-state index in [0.29, 0.717) is 23.9 Å². The number of nitrogens with zero attached hydrogens (tertiary/aromatic N) is 4. The lowest BCUT2D eigenvalue weighted by molar-refractivity contribution is 0.102. The molecule has 46 heavy (non-hydrogen) atoms. The quantitative estimate of drug-likeness (QED) is 0.250. The number of fused-ring (bicyclic) bond motifs is 1. The fourth-order valence-corrected chi connectivity index (χ4v) is 6.90. The molecule has 0 fully saturated rings. The molecule has 2 amide bonds. The van der Waals surface area contributed by atoms with Crippen LogP contribution in [-0.4, -0.2) is 66.1 Å². The third-order valence-corrected chi connectivity index (χ3v) is 9.44. The molecule has 2 aromatic carbocycles.